The van der Waals surface area contributed by atoms with E-state index in [0.717, 1.165) is 18.9 Å². The lowest BCUT2D eigenvalue weighted by atomic mass is 9.93. The molecule has 1 saturated heterocycles. The van der Waals surface area contributed by atoms with Crippen LogP contribution in [0.25, 0.3) is 0 Å². The second kappa shape index (κ2) is 4.45. The van der Waals surface area contributed by atoms with Crippen LogP contribution in [-0.2, 0) is 0 Å². The lowest BCUT2D eigenvalue weighted by Gasteiger charge is -2.36. The molecule has 1 aliphatic rings. The van der Waals surface area contributed by atoms with Gasteiger partial charge in [0.2, 0.25) is 0 Å². The van der Waals surface area contributed by atoms with Crippen LogP contribution in [0, 0.1) is 0 Å². The Labute approximate surface area is 101 Å². The molecule has 0 radical (unpaired) electrons. The fourth-order valence-electron chi connectivity index (χ4n) is 2.12. The highest BCUT2D eigenvalue weighted by Gasteiger charge is 2.29. The van der Waals surface area contributed by atoms with Crippen LogP contribution in [-0.4, -0.2) is 34.6 Å². The molecule has 1 aromatic heterocycles. The third kappa shape index (κ3) is 2.64. The second-order valence-electron chi connectivity index (χ2n) is 4.91. The van der Waals surface area contributed by atoms with Crippen LogP contribution in [0.1, 0.15) is 37.0 Å². The molecular weight excluding hydrogens is 216 g/mol. The van der Waals surface area contributed by atoms with E-state index in [-0.39, 0.29) is 5.78 Å². The number of hydrogen-bond donors (Lipinski definition) is 1. The molecule has 17 heavy (non-hydrogen) atoms. The fraction of sp³-hybridized carbons (Fsp3) is 0.538. The van der Waals surface area contributed by atoms with Crippen molar-refractivity contribution in [2.45, 2.75) is 32.3 Å². The van der Waals surface area contributed by atoms with Gasteiger partial charge in [0.05, 0.1) is 11.2 Å². The number of piperidine rings is 1. The van der Waals surface area contributed by atoms with Gasteiger partial charge in [0.1, 0.15) is 5.82 Å². The summed E-state index contributed by atoms with van der Waals surface area (Å²) < 4.78 is 0. The van der Waals surface area contributed by atoms with Crippen LogP contribution in [0.5, 0.6) is 0 Å². The number of pyridine rings is 1. The maximum absolute atomic E-state index is 11.5. The predicted molar refractivity (Wildman–Crippen MR) is 66.3 cm³/mol. The van der Waals surface area contributed by atoms with E-state index in [2.05, 4.69) is 9.88 Å². The van der Waals surface area contributed by atoms with Gasteiger partial charge in [-0.3, -0.25) is 4.79 Å². The summed E-state index contributed by atoms with van der Waals surface area (Å²) in [5.74, 6) is 0.779. The van der Waals surface area contributed by atoms with Crippen molar-refractivity contribution in [3.05, 3.63) is 23.9 Å². The first kappa shape index (κ1) is 12.0. The number of ketones is 1. The van der Waals surface area contributed by atoms with E-state index < -0.39 is 5.60 Å². The summed E-state index contributed by atoms with van der Waals surface area (Å²) >= 11 is 0. The van der Waals surface area contributed by atoms with Crippen molar-refractivity contribution in [2.75, 3.05) is 18.0 Å². The minimum atomic E-state index is -0.582. The summed E-state index contributed by atoms with van der Waals surface area (Å²) in [6.45, 7) is 4.89. The van der Waals surface area contributed by atoms with Crippen molar-refractivity contribution in [2.24, 2.45) is 0 Å². The van der Waals surface area contributed by atoms with Gasteiger partial charge < -0.3 is 10.0 Å². The van der Waals surface area contributed by atoms with Crippen LogP contribution in [0.4, 0.5) is 5.82 Å². The largest absolute Gasteiger partial charge is 0.390 e. The summed E-state index contributed by atoms with van der Waals surface area (Å²) in [5, 5.41) is 9.90. The zero-order chi connectivity index (χ0) is 12.5. The Kier molecular flexibility index (Phi) is 3.15. The molecule has 4 heteroatoms. The molecular formula is C13H18N2O2. The minimum absolute atomic E-state index is 0.0328. The van der Waals surface area contributed by atoms with Gasteiger partial charge in [0.15, 0.2) is 5.78 Å². The van der Waals surface area contributed by atoms with Crippen molar-refractivity contribution in [1.82, 2.24) is 4.98 Å². The fourth-order valence-corrected chi connectivity index (χ4v) is 2.12. The zero-order valence-electron chi connectivity index (χ0n) is 10.3. The van der Waals surface area contributed by atoms with Crippen LogP contribution in [0.3, 0.4) is 0 Å². The SMILES string of the molecule is CC(=O)c1cccnc1N1CCC(C)(O)CC1. The Morgan fingerprint density at radius 3 is 2.71 bits per heavy atom. The summed E-state index contributed by atoms with van der Waals surface area (Å²) in [7, 11) is 0. The number of aliphatic hydroxyl groups is 1. The summed E-state index contributed by atoms with van der Waals surface area (Å²) in [5.41, 5.74) is 0.0795. The first-order valence-electron chi connectivity index (χ1n) is 5.93. The molecule has 1 N–H and O–H groups in total. The second-order valence-corrected chi connectivity index (χ2v) is 4.91. The van der Waals surface area contributed by atoms with Crippen LogP contribution >= 0.6 is 0 Å². The van der Waals surface area contributed by atoms with Crippen LogP contribution in [0.2, 0.25) is 0 Å². The first-order chi connectivity index (χ1) is 7.99. The molecule has 0 aliphatic carbocycles. The van der Waals surface area contributed by atoms with Gasteiger partial charge in [-0.15, -0.1) is 0 Å². The Balaban J connectivity index is 2.21. The molecule has 0 spiro atoms. The minimum Gasteiger partial charge on any atom is -0.390 e. The van der Waals surface area contributed by atoms with E-state index in [0.29, 0.717) is 18.4 Å². The summed E-state index contributed by atoms with van der Waals surface area (Å²) in [6, 6.07) is 3.58. The van der Waals surface area contributed by atoms with Crippen LogP contribution in [0.15, 0.2) is 18.3 Å². The van der Waals surface area contributed by atoms with Gasteiger partial charge in [0.25, 0.3) is 0 Å². The lowest BCUT2D eigenvalue weighted by Crippen LogP contribution is -2.43. The standard InChI is InChI=1S/C13H18N2O2/c1-10(16)11-4-3-7-14-12(11)15-8-5-13(2,17)6-9-15/h3-4,7,17H,5-6,8-9H2,1-2H3. The number of Topliss-reactive ketones (excluding diaryl/α,β-unsaturated/α-hetero) is 1. The van der Waals surface area contributed by atoms with E-state index in [1.54, 1.807) is 25.3 Å². The van der Waals surface area contributed by atoms with Crippen molar-refractivity contribution in [3.8, 4) is 0 Å². The first-order valence-corrected chi connectivity index (χ1v) is 5.93. The average Bonchev–Trinajstić information content (AvgIpc) is 2.29. The highest BCUT2D eigenvalue weighted by Crippen LogP contribution is 2.26. The molecule has 4 nitrogen and oxygen atoms in total. The molecule has 2 heterocycles. The smallest absolute Gasteiger partial charge is 0.163 e. The Bertz CT molecular complexity index is 419. The van der Waals surface area contributed by atoms with Gasteiger partial charge in [-0.25, -0.2) is 4.98 Å². The average molecular weight is 234 g/mol. The molecule has 92 valence electrons. The molecule has 2 rings (SSSR count). The Morgan fingerprint density at radius 1 is 1.47 bits per heavy atom. The summed E-state index contributed by atoms with van der Waals surface area (Å²) in [4.78, 5) is 17.9. The zero-order valence-corrected chi connectivity index (χ0v) is 10.3. The molecule has 0 bridgehead atoms. The number of rotatable bonds is 2. The molecule has 0 saturated carbocycles. The molecule has 0 amide bonds. The van der Waals surface area contributed by atoms with E-state index in [1.165, 1.54) is 0 Å². The normalized spacial score (nSPS) is 19.1. The van der Waals surface area contributed by atoms with Crippen molar-refractivity contribution < 1.29 is 9.90 Å². The maximum Gasteiger partial charge on any atom is 0.163 e. The van der Waals surface area contributed by atoms with E-state index in [4.69, 9.17) is 0 Å². The van der Waals surface area contributed by atoms with E-state index in [1.807, 2.05) is 6.92 Å². The van der Waals surface area contributed by atoms with Crippen molar-refractivity contribution >= 4 is 11.6 Å². The van der Waals surface area contributed by atoms with E-state index >= 15 is 0 Å². The van der Waals surface area contributed by atoms with E-state index in [9.17, 15) is 9.90 Å². The molecule has 1 aliphatic heterocycles. The highest BCUT2D eigenvalue weighted by molar-refractivity contribution is 5.98. The van der Waals surface area contributed by atoms with Gasteiger partial charge in [-0.1, -0.05) is 0 Å². The van der Waals surface area contributed by atoms with Crippen molar-refractivity contribution in [3.63, 3.8) is 0 Å². The lowest BCUT2D eigenvalue weighted by molar-refractivity contribution is 0.0350. The number of carbonyl (C=O) groups excluding carboxylic acids is 1. The van der Waals surface area contributed by atoms with Crippen LogP contribution < -0.4 is 4.90 Å². The third-order valence-electron chi connectivity index (χ3n) is 3.31. The Hall–Kier alpha value is -1.42. The maximum atomic E-state index is 11.5. The Morgan fingerprint density at radius 2 is 2.12 bits per heavy atom. The number of aromatic nitrogens is 1. The molecule has 0 atom stereocenters. The quantitative estimate of drug-likeness (QED) is 0.790. The number of anilines is 1. The monoisotopic (exact) mass is 234 g/mol. The molecule has 0 unspecified atom stereocenters. The molecule has 0 aromatic carbocycles. The van der Waals surface area contributed by atoms with Crippen molar-refractivity contribution in [1.29, 1.82) is 0 Å². The highest BCUT2D eigenvalue weighted by atomic mass is 16.3. The third-order valence-corrected chi connectivity index (χ3v) is 3.31. The number of nitrogens with zero attached hydrogens (tertiary/aromatic N) is 2. The van der Waals surface area contributed by atoms with Gasteiger partial charge >= 0.3 is 0 Å². The number of carbonyl (C=O) groups is 1. The van der Waals surface area contributed by atoms with Gasteiger partial charge in [-0.2, -0.15) is 0 Å². The number of hydrogen-bond acceptors (Lipinski definition) is 4. The van der Waals surface area contributed by atoms with Gasteiger partial charge in [0, 0.05) is 19.3 Å². The molecule has 1 fully saturated rings. The predicted octanol–water partition coefficient (Wildman–Crippen LogP) is 1.64. The van der Waals surface area contributed by atoms with Gasteiger partial charge in [-0.05, 0) is 38.8 Å². The summed E-state index contributed by atoms with van der Waals surface area (Å²) in [6.07, 6.45) is 3.12. The molecule has 1 aromatic rings. The topological polar surface area (TPSA) is 53.4 Å².